The molecule has 0 N–H and O–H groups in total. The number of amides is 1. The number of nitrogens with zero attached hydrogens (tertiary/aromatic N) is 4. The van der Waals surface area contributed by atoms with Gasteiger partial charge in [0.2, 0.25) is 6.79 Å². The zero-order valence-electron chi connectivity index (χ0n) is 20.6. The fourth-order valence-corrected chi connectivity index (χ4v) is 5.02. The number of ether oxygens (including phenoxy) is 2. The number of benzene rings is 3. The molecule has 0 bridgehead atoms. The first-order chi connectivity index (χ1) is 18.0. The van der Waals surface area contributed by atoms with Gasteiger partial charge in [0, 0.05) is 38.3 Å². The van der Waals surface area contributed by atoms with Crippen LogP contribution in [0.2, 0.25) is 5.02 Å². The maximum absolute atomic E-state index is 13.8. The van der Waals surface area contributed by atoms with E-state index in [1.165, 1.54) is 5.56 Å². The third kappa shape index (κ3) is 4.80. The summed E-state index contributed by atoms with van der Waals surface area (Å²) in [6.45, 7) is 5.98. The molecule has 1 aromatic heterocycles. The molecule has 6 rings (SSSR count). The second-order valence-corrected chi connectivity index (χ2v) is 9.81. The summed E-state index contributed by atoms with van der Waals surface area (Å²) in [5.41, 5.74) is 5.17. The Labute approximate surface area is 220 Å². The third-order valence-corrected chi connectivity index (χ3v) is 7.19. The monoisotopic (exact) mass is 514 g/mol. The lowest BCUT2D eigenvalue weighted by Gasteiger charge is -2.34. The Morgan fingerprint density at radius 1 is 0.919 bits per heavy atom. The Balaban J connectivity index is 1.21. The lowest BCUT2D eigenvalue weighted by molar-refractivity contribution is 0.0619. The van der Waals surface area contributed by atoms with E-state index >= 15 is 0 Å². The van der Waals surface area contributed by atoms with Crippen molar-refractivity contribution in [3.05, 3.63) is 94.6 Å². The number of carbonyl (C=O) groups excluding carboxylic acids is 1. The average molecular weight is 515 g/mol. The van der Waals surface area contributed by atoms with Crippen LogP contribution in [0.15, 0.2) is 72.8 Å². The van der Waals surface area contributed by atoms with Crippen LogP contribution in [0.1, 0.15) is 21.6 Å². The molecular weight excluding hydrogens is 488 g/mol. The summed E-state index contributed by atoms with van der Waals surface area (Å²) in [4.78, 5) is 18.0. The van der Waals surface area contributed by atoms with Crippen molar-refractivity contribution in [2.24, 2.45) is 0 Å². The average Bonchev–Trinajstić information content (AvgIpc) is 3.57. The Morgan fingerprint density at radius 3 is 2.46 bits per heavy atom. The summed E-state index contributed by atoms with van der Waals surface area (Å²) in [6.07, 6.45) is 0. The van der Waals surface area contributed by atoms with Gasteiger partial charge in [-0.25, -0.2) is 4.68 Å². The molecule has 2 aliphatic heterocycles. The molecule has 0 aliphatic carbocycles. The fourth-order valence-electron chi connectivity index (χ4n) is 4.79. The Kier molecular flexibility index (Phi) is 6.32. The van der Waals surface area contributed by atoms with Crippen molar-refractivity contribution in [1.82, 2.24) is 19.6 Å². The number of hydrogen-bond acceptors (Lipinski definition) is 5. The van der Waals surface area contributed by atoms with Crippen LogP contribution in [0, 0.1) is 6.92 Å². The molecular formula is C29H27ClN4O3. The molecule has 37 heavy (non-hydrogen) atoms. The van der Waals surface area contributed by atoms with Crippen molar-refractivity contribution in [1.29, 1.82) is 0 Å². The van der Waals surface area contributed by atoms with Crippen molar-refractivity contribution in [2.45, 2.75) is 13.5 Å². The van der Waals surface area contributed by atoms with E-state index in [-0.39, 0.29) is 12.7 Å². The molecule has 0 radical (unpaired) electrons. The Bertz CT molecular complexity index is 1440. The van der Waals surface area contributed by atoms with E-state index in [9.17, 15) is 4.79 Å². The topological polar surface area (TPSA) is 59.8 Å². The van der Waals surface area contributed by atoms with Crippen LogP contribution < -0.4 is 9.47 Å². The molecule has 7 nitrogen and oxygen atoms in total. The highest BCUT2D eigenvalue weighted by Gasteiger charge is 2.27. The number of rotatable bonds is 5. The molecule has 8 heteroatoms. The quantitative estimate of drug-likeness (QED) is 0.367. The van der Waals surface area contributed by atoms with Gasteiger partial charge in [0.25, 0.3) is 5.91 Å². The van der Waals surface area contributed by atoms with E-state index in [2.05, 4.69) is 11.0 Å². The van der Waals surface area contributed by atoms with Crippen molar-refractivity contribution in [3.63, 3.8) is 0 Å². The number of halogens is 1. The predicted molar refractivity (Wildman–Crippen MR) is 142 cm³/mol. The van der Waals surface area contributed by atoms with Gasteiger partial charge in [-0.1, -0.05) is 53.6 Å². The van der Waals surface area contributed by atoms with Crippen LogP contribution in [0.3, 0.4) is 0 Å². The summed E-state index contributed by atoms with van der Waals surface area (Å²) < 4.78 is 12.7. The molecule has 0 saturated carbocycles. The SMILES string of the molecule is Cc1ccc(-n2nc(-c3ccccc3Cl)cc2C(=O)N2CCN(Cc3ccc4c(c3)OCO4)CC2)cc1. The molecule has 188 valence electrons. The minimum atomic E-state index is -0.0332. The zero-order chi connectivity index (χ0) is 25.4. The second-order valence-electron chi connectivity index (χ2n) is 9.40. The van der Waals surface area contributed by atoms with E-state index < -0.39 is 0 Å². The smallest absolute Gasteiger partial charge is 0.272 e. The first kappa shape index (κ1) is 23.6. The lowest BCUT2D eigenvalue weighted by Crippen LogP contribution is -2.48. The molecule has 3 heterocycles. The number of carbonyl (C=O) groups is 1. The number of piperazine rings is 1. The van der Waals surface area contributed by atoms with Gasteiger partial charge in [-0.2, -0.15) is 5.10 Å². The van der Waals surface area contributed by atoms with Crippen LogP contribution in [0.4, 0.5) is 0 Å². The Morgan fingerprint density at radius 2 is 1.68 bits per heavy atom. The highest BCUT2D eigenvalue weighted by Crippen LogP contribution is 2.33. The molecule has 0 spiro atoms. The Hall–Kier alpha value is -3.81. The van der Waals surface area contributed by atoms with Crippen LogP contribution in [-0.4, -0.2) is 58.5 Å². The second kappa shape index (κ2) is 9.92. The largest absolute Gasteiger partial charge is 0.454 e. The van der Waals surface area contributed by atoms with Crippen LogP contribution in [-0.2, 0) is 6.54 Å². The van der Waals surface area contributed by atoms with Gasteiger partial charge >= 0.3 is 0 Å². The van der Waals surface area contributed by atoms with Gasteiger partial charge in [0.05, 0.1) is 16.4 Å². The highest BCUT2D eigenvalue weighted by molar-refractivity contribution is 6.33. The predicted octanol–water partition coefficient (Wildman–Crippen LogP) is 5.19. The standard InChI is InChI=1S/C29H27ClN4O3/c1-20-6-9-22(10-7-20)34-26(17-25(31-34)23-4-2-3-5-24(23)30)29(35)33-14-12-32(13-15-33)18-21-8-11-27-28(16-21)37-19-36-27/h2-11,16-17H,12-15,18-19H2,1H3. The number of fused-ring (bicyclic) bond motifs is 1. The number of aryl methyl sites for hydroxylation is 1. The van der Waals surface area contributed by atoms with Gasteiger partial charge in [-0.05, 0) is 48.9 Å². The summed E-state index contributed by atoms with van der Waals surface area (Å²) in [5.74, 6) is 1.56. The molecule has 3 aromatic carbocycles. The van der Waals surface area contributed by atoms with E-state index in [0.717, 1.165) is 47.9 Å². The third-order valence-electron chi connectivity index (χ3n) is 6.86. The molecule has 1 amide bonds. The summed E-state index contributed by atoms with van der Waals surface area (Å²) in [5, 5.41) is 5.41. The molecule has 1 saturated heterocycles. The van der Waals surface area contributed by atoms with E-state index in [0.29, 0.717) is 29.5 Å². The molecule has 0 unspecified atom stereocenters. The van der Waals surface area contributed by atoms with Crippen molar-refractivity contribution in [2.75, 3.05) is 33.0 Å². The van der Waals surface area contributed by atoms with Gasteiger partial charge in [0.1, 0.15) is 5.69 Å². The van der Waals surface area contributed by atoms with E-state index in [1.54, 1.807) is 4.68 Å². The van der Waals surface area contributed by atoms with Crippen LogP contribution in [0.25, 0.3) is 16.9 Å². The minimum Gasteiger partial charge on any atom is -0.454 e. The summed E-state index contributed by atoms with van der Waals surface area (Å²) in [7, 11) is 0. The van der Waals surface area contributed by atoms with Gasteiger partial charge in [-0.3, -0.25) is 9.69 Å². The lowest BCUT2D eigenvalue weighted by atomic mass is 10.1. The van der Waals surface area contributed by atoms with Gasteiger partial charge in [0.15, 0.2) is 11.5 Å². The molecule has 0 atom stereocenters. The maximum atomic E-state index is 13.8. The van der Waals surface area contributed by atoms with Crippen molar-refractivity contribution >= 4 is 17.5 Å². The highest BCUT2D eigenvalue weighted by atomic mass is 35.5. The molecule has 1 fully saturated rings. The summed E-state index contributed by atoms with van der Waals surface area (Å²) in [6, 6.07) is 23.5. The number of aromatic nitrogens is 2. The van der Waals surface area contributed by atoms with E-state index in [4.69, 9.17) is 26.2 Å². The first-order valence-electron chi connectivity index (χ1n) is 12.4. The van der Waals surface area contributed by atoms with Gasteiger partial charge < -0.3 is 14.4 Å². The zero-order valence-corrected chi connectivity index (χ0v) is 21.3. The number of hydrogen-bond donors (Lipinski definition) is 0. The maximum Gasteiger partial charge on any atom is 0.272 e. The van der Waals surface area contributed by atoms with E-state index in [1.807, 2.05) is 78.6 Å². The normalized spacial score (nSPS) is 15.2. The first-order valence-corrected chi connectivity index (χ1v) is 12.7. The van der Waals surface area contributed by atoms with Crippen molar-refractivity contribution < 1.29 is 14.3 Å². The fraction of sp³-hybridized carbons (Fsp3) is 0.241. The molecule has 4 aromatic rings. The molecule has 2 aliphatic rings. The van der Waals surface area contributed by atoms with Gasteiger partial charge in [-0.15, -0.1) is 0 Å². The van der Waals surface area contributed by atoms with Crippen LogP contribution in [0.5, 0.6) is 11.5 Å². The minimum absolute atomic E-state index is 0.0332. The van der Waals surface area contributed by atoms with Crippen molar-refractivity contribution in [3.8, 4) is 28.4 Å². The summed E-state index contributed by atoms with van der Waals surface area (Å²) >= 11 is 6.46. The van der Waals surface area contributed by atoms with Crippen LogP contribution >= 0.6 is 11.6 Å².